The molecule has 0 bridgehead atoms. The van der Waals surface area contributed by atoms with Gasteiger partial charge in [-0.3, -0.25) is 20.1 Å². The third-order valence-electron chi connectivity index (χ3n) is 6.42. The molecule has 2 N–H and O–H groups in total. The van der Waals surface area contributed by atoms with Gasteiger partial charge in [-0.15, -0.1) is 5.98 Å². The van der Waals surface area contributed by atoms with Gasteiger partial charge >= 0.3 is 12.1 Å². The Kier molecular flexibility index (Phi) is 8.55. The standard InChI is InChI=1S/C28H28BF2N5O5/c1-15(32)19(12-29-2)20-10-21-16(13-33-20)14-35(26-24(30)22(39-3)11-23(40-4)25(26)31)28(38)36(21)18-8-6-17(7-9-18)34-27(37)41-5/h6-13,29,32H,14H2,1-5H3,(H,34,37)/b19-12+,32-15?. The summed E-state index contributed by atoms with van der Waals surface area (Å²) in [5, 5.41) is 10.7. The normalized spacial score (nSPS) is 13.0. The Morgan fingerprint density at radius 1 is 1.10 bits per heavy atom. The lowest BCUT2D eigenvalue weighted by atomic mass is 9.79. The number of fused-ring (bicyclic) bond motifs is 1. The van der Waals surface area contributed by atoms with Gasteiger partial charge in [-0.25, -0.2) is 18.4 Å². The molecule has 0 spiro atoms. The molecule has 0 unspecified atom stereocenters. The van der Waals surface area contributed by atoms with Gasteiger partial charge in [-0.05, 0) is 37.3 Å². The van der Waals surface area contributed by atoms with Crippen molar-refractivity contribution in [3.05, 3.63) is 71.5 Å². The Morgan fingerprint density at radius 2 is 1.73 bits per heavy atom. The number of benzene rings is 2. The molecule has 1 aromatic heterocycles. The first-order chi connectivity index (χ1) is 19.6. The lowest BCUT2D eigenvalue weighted by Gasteiger charge is -2.37. The van der Waals surface area contributed by atoms with Crippen LogP contribution in [0.15, 0.2) is 48.6 Å². The molecule has 13 heteroatoms. The van der Waals surface area contributed by atoms with Crippen LogP contribution in [-0.2, 0) is 11.3 Å². The number of ether oxygens (including phenoxy) is 3. The molecule has 4 rings (SSSR count). The van der Waals surface area contributed by atoms with Crippen LogP contribution in [0.3, 0.4) is 0 Å². The first kappa shape index (κ1) is 29.1. The molecular weight excluding hydrogens is 535 g/mol. The predicted molar refractivity (Wildman–Crippen MR) is 154 cm³/mol. The van der Waals surface area contributed by atoms with Crippen molar-refractivity contribution in [1.82, 2.24) is 4.98 Å². The average molecular weight is 563 g/mol. The first-order valence-electron chi connectivity index (χ1n) is 12.6. The summed E-state index contributed by atoms with van der Waals surface area (Å²) < 4.78 is 45.8. The average Bonchev–Trinajstić information content (AvgIpc) is 2.96. The summed E-state index contributed by atoms with van der Waals surface area (Å²) in [6.45, 7) is 3.37. The molecule has 3 amide bonds. The highest BCUT2D eigenvalue weighted by Crippen LogP contribution is 2.43. The van der Waals surface area contributed by atoms with Crippen molar-refractivity contribution in [1.29, 1.82) is 5.41 Å². The number of carbonyl (C=O) groups excluding carboxylic acids is 2. The monoisotopic (exact) mass is 563 g/mol. The number of anilines is 4. The predicted octanol–water partition coefficient (Wildman–Crippen LogP) is 5.70. The molecule has 3 aromatic rings. The Hall–Kier alpha value is -4.94. The van der Waals surface area contributed by atoms with Crippen LogP contribution in [0.5, 0.6) is 11.5 Å². The Balaban J connectivity index is 1.91. The summed E-state index contributed by atoms with van der Waals surface area (Å²) in [6.07, 6.45) is 0.846. The molecule has 41 heavy (non-hydrogen) atoms. The molecule has 2 heterocycles. The summed E-state index contributed by atoms with van der Waals surface area (Å²) >= 11 is 0. The summed E-state index contributed by atoms with van der Waals surface area (Å²) in [5.41, 5.74) is 2.37. The van der Waals surface area contributed by atoms with Crippen LogP contribution in [0.2, 0.25) is 6.82 Å². The molecule has 1 aliphatic rings. The molecule has 1 aliphatic heterocycles. The minimum absolute atomic E-state index is 0.208. The molecular formula is C28H28BF2N5O5. The van der Waals surface area contributed by atoms with Crippen LogP contribution < -0.4 is 24.6 Å². The number of pyridine rings is 1. The van der Waals surface area contributed by atoms with E-state index in [0.29, 0.717) is 46.9 Å². The number of nitrogens with zero attached hydrogens (tertiary/aromatic N) is 3. The van der Waals surface area contributed by atoms with Crippen molar-refractivity contribution >= 4 is 53.4 Å². The van der Waals surface area contributed by atoms with Crippen molar-refractivity contribution in [3.8, 4) is 11.5 Å². The second-order valence-electron chi connectivity index (χ2n) is 8.97. The van der Waals surface area contributed by atoms with Crippen LogP contribution in [0, 0.1) is 17.0 Å². The summed E-state index contributed by atoms with van der Waals surface area (Å²) in [6, 6.07) is 8.23. The maximum atomic E-state index is 15.5. The molecule has 0 aliphatic carbocycles. The highest BCUT2D eigenvalue weighted by molar-refractivity contribution is 6.45. The molecule has 2 aromatic carbocycles. The van der Waals surface area contributed by atoms with Crippen LogP contribution in [0.25, 0.3) is 5.57 Å². The Morgan fingerprint density at radius 3 is 2.27 bits per heavy atom. The number of nitrogens with one attached hydrogen (secondary N) is 2. The van der Waals surface area contributed by atoms with E-state index < -0.39 is 29.4 Å². The van der Waals surface area contributed by atoms with Crippen molar-refractivity contribution in [2.24, 2.45) is 0 Å². The van der Waals surface area contributed by atoms with Gasteiger partial charge < -0.3 is 19.6 Å². The lowest BCUT2D eigenvalue weighted by molar-refractivity contribution is 0.187. The van der Waals surface area contributed by atoms with Gasteiger partial charge in [0, 0.05) is 34.8 Å². The molecule has 0 atom stereocenters. The highest BCUT2D eigenvalue weighted by atomic mass is 19.1. The van der Waals surface area contributed by atoms with Crippen molar-refractivity contribution in [2.45, 2.75) is 20.3 Å². The van der Waals surface area contributed by atoms with E-state index >= 15 is 8.78 Å². The SMILES string of the molecule is CB/C=C(\C(C)=N)c1cc2c(cn1)CN(c1c(F)c(OC)cc(OC)c1F)C(=O)N2c1ccc(NC(=O)OC)cc1. The van der Waals surface area contributed by atoms with Gasteiger partial charge in [-0.2, -0.15) is 0 Å². The molecule has 0 radical (unpaired) electrons. The zero-order chi connectivity index (χ0) is 29.8. The Bertz CT molecular complexity index is 1520. The molecule has 10 nitrogen and oxygen atoms in total. The number of carbonyl (C=O) groups is 2. The number of hydrogen-bond donors (Lipinski definition) is 2. The number of amides is 3. The zero-order valence-corrected chi connectivity index (χ0v) is 23.2. The minimum atomic E-state index is -1.07. The van der Waals surface area contributed by atoms with E-state index in [9.17, 15) is 9.59 Å². The van der Waals surface area contributed by atoms with E-state index in [-0.39, 0.29) is 18.0 Å². The summed E-state index contributed by atoms with van der Waals surface area (Å²) in [5.74, 6) is -0.884. The maximum Gasteiger partial charge on any atom is 0.411 e. The van der Waals surface area contributed by atoms with Gasteiger partial charge in [0.15, 0.2) is 23.1 Å². The largest absolute Gasteiger partial charge is 0.493 e. The Labute approximate surface area is 236 Å². The number of allylic oxidation sites excluding steroid dienone is 1. The summed E-state index contributed by atoms with van der Waals surface area (Å²) in [4.78, 5) is 32.5. The van der Waals surface area contributed by atoms with Crippen molar-refractivity contribution in [2.75, 3.05) is 36.4 Å². The fourth-order valence-electron chi connectivity index (χ4n) is 4.46. The molecule has 0 fully saturated rings. The highest BCUT2D eigenvalue weighted by Gasteiger charge is 2.37. The van der Waals surface area contributed by atoms with E-state index in [4.69, 9.17) is 14.9 Å². The molecule has 0 saturated carbocycles. The second-order valence-corrected chi connectivity index (χ2v) is 8.97. The van der Waals surface area contributed by atoms with Crippen molar-refractivity contribution < 1.29 is 32.6 Å². The van der Waals surface area contributed by atoms with Crippen LogP contribution in [-0.4, -0.2) is 51.4 Å². The lowest BCUT2D eigenvalue weighted by Crippen LogP contribution is -2.46. The molecule has 0 saturated heterocycles. The second kappa shape index (κ2) is 12.1. The third-order valence-corrected chi connectivity index (χ3v) is 6.42. The van der Waals surface area contributed by atoms with E-state index in [2.05, 4.69) is 15.0 Å². The number of halogens is 2. The van der Waals surface area contributed by atoms with Gasteiger partial charge in [0.05, 0.1) is 44.9 Å². The van der Waals surface area contributed by atoms with Crippen LogP contribution >= 0.6 is 0 Å². The zero-order valence-electron chi connectivity index (χ0n) is 23.2. The van der Waals surface area contributed by atoms with Crippen LogP contribution in [0.1, 0.15) is 18.2 Å². The van der Waals surface area contributed by atoms with Gasteiger partial charge in [0.25, 0.3) is 0 Å². The molecule has 212 valence electrons. The van der Waals surface area contributed by atoms with Crippen LogP contribution in [0.4, 0.5) is 41.1 Å². The fraction of sp³-hybridized carbons (Fsp3) is 0.214. The van der Waals surface area contributed by atoms with E-state index in [1.54, 1.807) is 37.3 Å². The topological polar surface area (TPSA) is 117 Å². The summed E-state index contributed by atoms with van der Waals surface area (Å²) in [7, 11) is 4.34. The smallest absolute Gasteiger partial charge is 0.411 e. The first-order valence-corrected chi connectivity index (χ1v) is 12.6. The van der Waals surface area contributed by atoms with Gasteiger partial charge in [0.2, 0.25) is 0 Å². The number of aromatic nitrogens is 1. The van der Waals surface area contributed by atoms with E-state index in [0.717, 1.165) is 11.0 Å². The maximum absolute atomic E-state index is 15.5. The van der Waals surface area contributed by atoms with Gasteiger partial charge in [0.1, 0.15) is 13.0 Å². The number of methoxy groups -OCH3 is 3. The van der Waals surface area contributed by atoms with E-state index in [1.165, 1.54) is 32.4 Å². The number of hydrogen-bond acceptors (Lipinski definition) is 7. The minimum Gasteiger partial charge on any atom is -0.493 e. The quantitative estimate of drug-likeness (QED) is 0.268. The van der Waals surface area contributed by atoms with Crippen molar-refractivity contribution in [3.63, 3.8) is 0 Å². The third kappa shape index (κ3) is 5.56. The van der Waals surface area contributed by atoms with E-state index in [1.807, 2.05) is 12.8 Å². The number of urea groups is 1. The van der Waals surface area contributed by atoms with Gasteiger partial charge in [-0.1, -0.05) is 6.82 Å². The fourth-order valence-corrected chi connectivity index (χ4v) is 4.46. The number of rotatable bonds is 8.